The van der Waals surface area contributed by atoms with Crippen LogP contribution in [0.2, 0.25) is 5.02 Å². The Morgan fingerprint density at radius 2 is 1.81 bits per heavy atom. The van der Waals surface area contributed by atoms with Crippen molar-refractivity contribution in [1.29, 1.82) is 0 Å². The first-order chi connectivity index (χ1) is 12.4. The van der Waals surface area contributed by atoms with Gasteiger partial charge in [-0.05, 0) is 71.7 Å². The number of ether oxygens (including phenoxy) is 2. The Kier molecular flexibility index (Phi) is 7.31. The second kappa shape index (κ2) is 9.25. The highest BCUT2D eigenvalue weighted by Crippen LogP contribution is 2.36. The molecule has 0 bridgehead atoms. The molecule has 0 radical (unpaired) electrons. The van der Waals surface area contributed by atoms with E-state index in [1.165, 1.54) is 30.5 Å². The average Bonchev–Trinajstić information content (AvgIpc) is 2.58. The molecule has 0 aliphatic heterocycles. The van der Waals surface area contributed by atoms with Crippen molar-refractivity contribution in [2.75, 3.05) is 13.2 Å². The van der Waals surface area contributed by atoms with Crippen molar-refractivity contribution in [1.82, 2.24) is 4.83 Å². The predicted molar refractivity (Wildman–Crippen MR) is 106 cm³/mol. The number of hydrazone groups is 1. The first-order valence-corrected chi connectivity index (χ1v) is 10.4. The largest absolute Gasteiger partial charge is 0.490 e. The topological polar surface area (TPSA) is 77.0 Å². The summed E-state index contributed by atoms with van der Waals surface area (Å²) in [5.74, 6) is 1.14. The van der Waals surface area contributed by atoms with Gasteiger partial charge in [0.25, 0.3) is 10.0 Å². The van der Waals surface area contributed by atoms with Crippen LogP contribution in [-0.2, 0) is 10.0 Å². The maximum atomic E-state index is 12.2. The van der Waals surface area contributed by atoms with Gasteiger partial charge in [-0.3, -0.25) is 0 Å². The molecule has 0 fully saturated rings. The molecule has 1 N–H and O–H groups in total. The minimum absolute atomic E-state index is 0.0712. The lowest BCUT2D eigenvalue weighted by Crippen LogP contribution is -2.18. The SMILES string of the molecule is CCOc1cc(/C=N/NS(=O)(=O)c2ccc(Cl)cc2)cc(Br)c1OCC. The van der Waals surface area contributed by atoms with Crippen molar-refractivity contribution in [3.63, 3.8) is 0 Å². The molecular formula is C17H18BrClN2O4S. The summed E-state index contributed by atoms with van der Waals surface area (Å²) < 4.78 is 36.2. The molecule has 9 heteroatoms. The van der Waals surface area contributed by atoms with Gasteiger partial charge in [-0.15, -0.1) is 0 Å². The Hall–Kier alpha value is -1.77. The van der Waals surface area contributed by atoms with Crippen molar-refractivity contribution in [2.24, 2.45) is 5.10 Å². The Morgan fingerprint density at radius 1 is 1.15 bits per heavy atom. The molecule has 0 heterocycles. The molecule has 0 unspecified atom stereocenters. The van der Waals surface area contributed by atoms with E-state index < -0.39 is 10.0 Å². The third-order valence-corrected chi connectivity index (χ3v) is 5.21. The highest BCUT2D eigenvalue weighted by molar-refractivity contribution is 9.10. The van der Waals surface area contributed by atoms with E-state index in [0.717, 1.165) is 0 Å². The number of nitrogens with one attached hydrogen (secondary N) is 1. The van der Waals surface area contributed by atoms with Gasteiger partial charge in [0.05, 0.1) is 28.8 Å². The molecule has 0 saturated carbocycles. The number of sulfonamides is 1. The normalized spacial score (nSPS) is 11.5. The summed E-state index contributed by atoms with van der Waals surface area (Å²) >= 11 is 9.19. The minimum Gasteiger partial charge on any atom is -0.490 e. The average molecular weight is 462 g/mol. The first-order valence-electron chi connectivity index (χ1n) is 7.77. The minimum atomic E-state index is -3.77. The van der Waals surface area contributed by atoms with Crippen molar-refractivity contribution in [3.8, 4) is 11.5 Å². The molecule has 0 aliphatic carbocycles. The smallest absolute Gasteiger partial charge is 0.276 e. The van der Waals surface area contributed by atoms with E-state index in [-0.39, 0.29) is 4.90 Å². The molecule has 0 spiro atoms. The highest BCUT2D eigenvalue weighted by atomic mass is 79.9. The summed E-state index contributed by atoms with van der Waals surface area (Å²) in [6.45, 7) is 4.71. The number of halogens is 2. The van der Waals surface area contributed by atoms with Gasteiger partial charge < -0.3 is 9.47 Å². The molecule has 2 aromatic carbocycles. The quantitative estimate of drug-likeness (QED) is 0.472. The Bertz CT molecular complexity index is 886. The summed E-state index contributed by atoms with van der Waals surface area (Å²) in [4.78, 5) is 2.24. The van der Waals surface area contributed by atoms with Gasteiger partial charge in [0.15, 0.2) is 11.5 Å². The second-order valence-corrected chi connectivity index (χ2v) is 7.95. The van der Waals surface area contributed by atoms with Gasteiger partial charge in [-0.2, -0.15) is 13.5 Å². The lowest BCUT2D eigenvalue weighted by molar-refractivity contribution is 0.286. The number of rotatable bonds is 8. The summed E-state index contributed by atoms with van der Waals surface area (Å²) in [7, 11) is -3.77. The third-order valence-electron chi connectivity index (χ3n) is 3.13. The van der Waals surface area contributed by atoms with Crippen LogP contribution in [0.25, 0.3) is 0 Å². The van der Waals surface area contributed by atoms with Crippen LogP contribution < -0.4 is 14.3 Å². The maximum Gasteiger partial charge on any atom is 0.276 e. The van der Waals surface area contributed by atoms with Crippen molar-refractivity contribution < 1.29 is 17.9 Å². The van der Waals surface area contributed by atoms with E-state index in [4.69, 9.17) is 21.1 Å². The zero-order valence-corrected chi connectivity index (χ0v) is 17.4. The molecule has 0 aliphatic rings. The molecular weight excluding hydrogens is 444 g/mol. The van der Waals surface area contributed by atoms with Gasteiger partial charge in [0.1, 0.15) is 0 Å². The number of hydrogen-bond donors (Lipinski definition) is 1. The van der Waals surface area contributed by atoms with E-state index in [0.29, 0.717) is 39.8 Å². The van der Waals surface area contributed by atoms with Crippen LogP contribution in [0, 0.1) is 0 Å². The maximum absolute atomic E-state index is 12.2. The Morgan fingerprint density at radius 3 is 2.42 bits per heavy atom. The standard InChI is InChI=1S/C17H18BrClN2O4S/c1-3-24-16-10-12(9-15(18)17(16)25-4-2)11-20-21-26(22,23)14-7-5-13(19)6-8-14/h5-11,21H,3-4H2,1-2H3/b20-11+. The highest BCUT2D eigenvalue weighted by Gasteiger charge is 2.13. The number of benzene rings is 2. The zero-order valence-electron chi connectivity index (χ0n) is 14.2. The van der Waals surface area contributed by atoms with Gasteiger partial charge in [0.2, 0.25) is 0 Å². The molecule has 0 amide bonds. The van der Waals surface area contributed by atoms with E-state index in [2.05, 4.69) is 25.9 Å². The van der Waals surface area contributed by atoms with Gasteiger partial charge in [0, 0.05) is 5.02 Å². The predicted octanol–water partition coefficient (Wildman–Crippen LogP) is 4.21. The van der Waals surface area contributed by atoms with Crippen LogP contribution in [-0.4, -0.2) is 27.8 Å². The molecule has 2 rings (SSSR count). The molecule has 2 aromatic rings. The molecule has 140 valence electrons. The molecule has 0 saturated heterocycles. The Balaban J connectivity index is 2.20. The monoisotopic (exact) mass is 460 g/mol. The fourth-order valence-corrected chi connectivity index (χ4v) is 3.54. The van der Waals surface area contributed by atoms with E-state index in [9.17, 15) is 8.42 Å². The summed E-state index contributed by atoms with van der Waals surface area (Å²) in [5.41, 5.74) is 0.641. The fraction of sp³-hybridized carbons (Fsp3) is 0.235. The van der Waals surface area contributed by atoms with Crippen molar-refractivity contribution >= 4 is 43.8 Å². The number of nitrogens with zero attached hydrogens (tertiary/aromatic N) is 1. The summed E-state index contributed by atoms with van der Waals surface area (Å²) in [5, 5.41) is 4.27. The van der Waals surface area contributed by atoms with Crippen LogP contribution in [0.1, 0.15) is 19.4 Å². The summed E-state index contributed by atoms with van der Waals surface area (Å²) in [6, 6.07) is 9.28. The second-order valence-electron chi connectivity index (χ2n) is 5.00. The van der Waals surface area contributed by atoms with E-state index >= 15 is 0 Å². The molecule has 26 heavy (non-hydrogen) atoms. The van der Waals surface area contributed by atoms with Crippen LogP contribution in [0.3, 0.4) is 0 Å². The van der Waals surface area contributed by atoms with E-state index in [1.54, 1.807) is 12.1 Å². The van der Waals surface area contributed by atoms with Gasteiger partial charge in [-0.1, -0.05) is 11.6 Å². The van der Waals surface area contributed by atoms with Gasteiger partial charge >= 0.3 is 0 Å². The zero-order chi connectivity index (χ0) is 19.2. The van der Waals surface area contributed by atoms with Gasteiger partial charge in [-0.25, -0.2) is 4.83 Å². The lowest BCUT2D eigenvalue weighted by Gasteiger charge is -2.13. The first kappa shape index (κ1) is 20.5. The fourth-order valence-electron chi connectivity index (χ4n) is 2.05. The number of hydrogen-bond acceptors (Lipinski definition) is 5. The lowest BCUT2D eigenvalue weighted by atomic mass is 10.2. The molecule has 6 nitrogen and oxygen atoms in total. The van der Waals surface area contributed by atoms with Crippen LogP contribution in [0.5, 0.6) is 11.5 Å². The van der Waals surface area contributed by atoms with Crippen LogP contribution in [0.4, 0.5) is 0 Å². The summed E-state index contributed by atoms with van der Waals surface area (Å²) in [6.07, 6.45) is 1.39. The molecule has 0 aromatic heterocycles. The van der Waals surface area contributed by atoms with Crippen LogP contribution in [0.15, 0.2) is 50.9 Å². The van der Waals surface area contributed by atoms with E-state index in [1.807, 2.05) is 13.8 Å². The molecule has 0 atom stereocenters. The third kappa shape index (κ3) is 5.36. The van der Waals surface area contributed by atoms with Crippen LogP contribution >= 0.6 is 27.5 Å². The Labute approximate surface area is 166 Å². The van der Waals surface area contributed by atoms with Crippen molar-refractivity contribution in [3.05, 3.63) is 51.5 Å². The van der Waals surface area contributed by atoms with Crippen molar-refractivity contribution in [2.45, 2.75) is 18.7 Å².